The van der Waals surface area contributed by atoms with Crippen molar-refractivity contribution < 1.29 is 4.79 Å². The molecule has 0 saturated carbocycles. The molecule has 6 nitrogen and oxygen atoms in total. The third kappa shape index (κ3) is 2.61. The maximum atomic E-state index is 13.3. The average molecular weight is 405 g/mol. The molecule has 1 aliphatic rings. The van der Waals surface area contributed by atoms with E-state index >= 15 is 0 Å². The predicted molar refractivity (Wildman–Crippen MR) is 119 cm³/mol. The summed E-state index contributed by atoms with van der Waals surface area (Å²) in [6, 6.07) is 20.0. The van der Waals surface area contributed by atoms with Crippen LogP contribution in [-0.2, 0) is 7.05 Å². The number of carbonyl (C=O) groups is 1. The molecule has 6 heteroatoms. The van der Waals surface area contributed by atoms with Crippen molar-refractivity contribution in [2.45, 2.75) is 6.04 Å². The Kier molecular flexibility index (Phi) is 3.80. The third-order valence-corrected chi connectivity index (χ3v) is 6.03. The van der Waals surface area contributed by atoms with Crippen LogP contribution < -0.4 is 5.32 Å². The first-order valence-corrected chi connectivity index (χ1v) is 10.2. The van der Waals surface area contributed by atoms with Crippen LogP contribution in [0.15, 0.2) is 79.3 Å². The highest BCUT2D eigenvalue weighted by atomic mass is 16.1. The van der Waals surface area contributed by atoms with Crippen molar-refractivity contribution in [1.29, 1.82) is 0 Å². The van der Waals surface area contributed by atoms with Crippen LogP contribution in [0, 0.1) is 0 Å². The monoisotopic (exact) mass is 405 g/mol. The van der Waals surface area contributed by atoms with Crippen molar-refractivity contribution >= 4 is 16.9 Å². The molecule has 0 fully saturated rings. The summed E-state index contributed by atoms with van der Waals surface area (Å²) in [6.07, 6.45) is 5.26. The van der Waals surface area contributed by atoms with Gasteiger partial charge in [-0.3, -0.25) is 9.48 Å². The largest absolute Gasteiger partial charge is 0.346 e. The van der Waals surface area contributed by atoms with Crippen LogP contribution >= 0.6 is 0 Å². The lowest BCUT2D eigenvalue weighted by Crippen LogP contribution is -2.28. The Morgan fingerprint density at radius 2 is 1.81 bits per heavy atom. The van der Waals surface area contributed by atoms with Crippen molar-refractivity contribution in [3.8, 4) is 22.4 Å². The van der Waals surface area contributed by atoms with Gasteiger partial charge in [-0.05, 0) is 40.5 Å². The zero-order valence-corrected chi connectivity index (χ0v) is 16.8. The van der Waals surface area contributed by atoms with E-state index in [2.05, 4.69) is 44.6 Å². The van der Waals surface area contributed by atoms with E-state index in [0.717, 1.165) is 38.9 Å². The predicted octanol–water partition coefficient (Wildman–Crippen LogP) is 4.46. The van der Waals surface area contributed by atoms with E-state index < -0.39 is 0 Å². The van der Waals surface area contributed by atoms with E-state index in [1.165, 1.54) is 0 Å². The molecular weight excluding hydrogens is 386 g/mol. The molecule has 6 rings (SSSR count). The van der Waals surface area contributed by atoms with Gasteiger partial charge in [-0.2, -0.15) is 5.10 Å². The molecule has 5 aromatic rings. The highest BCUT2D eigenvalue weighted by Gasteiger charge is 2.32. The lowest BCUT2D eigenvalue weighted by molar-refractivity contribution is 0.0945. The van der Waals surface area contributed by atoms with Gasteiger partial charge in [0.05, 0.1) is 17.3 Å². The van der Waals surface area contributed by atoms with Crippen molar-refractivity contribution in [2.24, 2.45) is 7.05 Å². The highest BCUT2D eigenvalue weighted by Crippen LogP contribution is 2.47. The maximum Gasteiger partial charge on any atom is 0.252 e. The SMILES string of the molecule is Cn1nccc1-c1cccc2c1-c1ccccc1C2NC(=O)c1ccnc2[nH]ccc12. The first-order chi connectivity index (χ1) is 15.2. The second-order valence-electron chi connectivity index (χ2n) is 7.70. The molecule has 3 heterocycles. The van der Waals surface area contributed by atoms with Gasteiger partial charge in [-0.1, -0.05) is 42.5 Å². The normalized spacial score (nSPS) is 14.4. The van der Waals surface area contributed by atoms with Gasteiger partial charge in [0.2, 0.25) is 0 Å². The topological polar surface area (TPSA) is 75.6 Å². The fourth-order valence-electron chi connectivity index (χ4n) is 4.63. The molecule has 0 bridgehead atoms. The molecule has 1 atom stereocenters. The smallest absolute Gasteiger partial charge is 0.252 e. The Bertz CT molecular complexity index is 1460. The number of aromatic nitrogens is 4. The van der Waals surface area contributed by atoms with Gasteiger partial charge in [0, 0.05) is 36.6 Å². The highest BCUT2D eigenvalue weighted by molar-refractivity contribution is 6.06. The molecule has 2 aromatic carbocycles. The summed E-state index contributed by atoms with van der Waals surface area (Å²) >= 11 is 0. The number of carbonyl (C=O) groups excluding carboxylic acids is 1. The number of pyridine rings is 1. The van der Waals surface area contributed by atoms with Crippen LogP contribution in [0.25, 0.3) is 33.4 Å². The molecule has 150 valence electrons. The summed E-state index contributed by atoms with van der Waals surface area (Å²) in [4.78, 5) is 20.7. The first-order valence-electron chi connectivity index (χ1n) is 10.2. The molecule has 2 N–H and O–H groups in total. The van der Waals surface area contributed by atoms with E-state index in [1.807, 2.05) is 42.1 Å². The number of amides is 1. The second kappa shape index (κ2) is 6.67. The number of hydrogen-bond donors (Lipinski definition) is 2. The molecular formula is C25H19N5O. The zero-order valence-electron chi connectivity index (χ0n) is 16.8. The minimum absolute atomic E-state index is 0.120. The standard InChI is InChI=1S/C25H19N5O/c1-30-21(11-14-28-30)19-7-4-8-20-22(19)15-5-2-3-6-16(15)23(20)29-25(31)18-10-13-27-24-17(18)9-12-26-24/h2-14,23H,1H3,(H,26,27)(H,29,31). The number of fused-ring (bicyclic) bond motifs is 4. The van der Waals surface area contributed by atoms with Gasteiger partial charge in [0.25, 0.3) is 5.91 Å². The van der Waals surface area contributed by atoms with Gasteiger partial charge in [-0.15, -0.1) is 0 Å². The minimum Gasteiger partial charge on any atom is -0.346 e. The molecule has 1 unspecified atom stereocenters. The Labute approximate surface area is 178 Å². The van der Waals surface area contributed by atoms with Crippen LogP contribution in [-0.4, -0.2) is 25.7 Å². The number of benzene rings is 2. The van der Waals surface area contributed by atoms with Gasteiger partial charge in [-0.25, -0.2) is 4.98 Å². The lowest BCUT2D eigenvalue weighted by atomic mass is 9.97. The Morgan fingerprint density at radius 3 is 2.68 bits per heavy atom. The number of aromatic amines is 1. The van der Waals surface area contributed by atoms with Crippen molar-refractivity contribution in [2.75, 3.05) is 0 Å². The van der Waals surface area contributed by atoms with Crippen LogP contribution in [0.3, 0.4) is 0 Å². The quantitative estimate of drug-likeness (QED) is 0.465. The zero-order chi connectivity index (χ0) is 20.9. The fraction of sp³-hybridized carbons (Fsp3) is 0.0800. The molecule has 0 aliphatic heterocycles. The van der Waals surface area contributed by atoms with Gasteiger partial charge >= 0.3 is 0 Å². The molecule has 1 amide bonds. The van der Waals surface area contributed by atoms with E-state index in [-0.39, 0.29) is 11.9 Å². The lowest BCUT2D eigenvalue weighted by Gasteiger charge is -2.17. The minimum atomic E-state index is -0.228. The summed E-state index contributed by atoms with van der Waals surface area (Å²) in [7, 11) is 1.94. The van der Waals surface area contributed by atoms with Gasteiger partial charge < -0.3 is 10.3 Å². The summed E-state index contributed by atoms with van der Waals surface area (Å²) in [5, 5.41) is 8.43. The molecule has 0 saturated heterocycles. The van der Waals surface area contributed by atoms with Crippen LogP contribution in [0.1, 0.15) is 27.5 Å². The van der Waals surface area contributed by atoms with Crippen molar-refractivity contribution in [3.05, 3.63) is 95.9 Å². The summed E-state index contributed by atoms with van der Waals surface area (Å²) in [5.74, 6) is -0.120. The number of hydrogen-bond acceptors (Lipinski definition) is 3. The third-order valence-electron chi connectivity index (χ3n) is 6.03. The van der Waals surface area contributed by atoms with E-state index in [1.54, 1.807) is 24.7 Å². The number of nitrogens with one attached hydrogen (secondary N) is 2. The number of rotatable bonds is 3. The Balaban J connectivity index is 1.48. The number of nitrogens with zero attached hydrogens (tertiary/aromatic N) is 3. The van der Waals surface area contributed by atoms with Crippen LogP contribution in [0.4, 0.5) is 0 Å². The van der Waals surface area contributed by atoms with Gasteiger partial charge in [0.15, 0.2) is 0 Å². The van der Waals surface area contributed by atoms with Crippen LogP contribution in [0.5, 0.6) is 0 Å². The second-order valence-corrected chi connectivity index (χ2v) is 7.70. The summed E-state index contributed by atoms with van der Waals surface area (Å²) in [6.45, 7) is 0. The molecule has 3 aromatic heterocycles. The van der Waals surface area contributed by atoms with Crippen molar-refractivity contribution in [1.82, 2.24) is 25.1 Å². The maximum absolute atomic E-state index is 13.3. The molecule has 31 heavy (non-hydrogen) atoms. The summed E-state index contributed by atoms with van der Waals surface area (Å²) < 4.78 is 1.88. The molecule has 0 radical (unpaired) electrons. The molecule has 1 aliphatic carbocycles. The number of H-pyrrole nitrogens is 1. The van der Waals surface area contributed by atoms with E-state index in [0.29, 0.717) is 11.2 Å². The van der Waals surface area contributed by atoms with Crippen molar-refractivity contribution in [3.63, 3.8) is 0 Å². The Morgan fingerprint density at radius 1 is 0.968 bits per heavy atom. The molecule has 0 spiro atoms. The Hall–Kier alpha value is -4.19. The average Bonchev–Trinajstić information content (AvgIpc) is 3.51. The van der Waals surface area contributed by atoms with Crippen LogP contribution in [0.2, 0.25) is 0 Å². The van der Waals surface area contributed by atoms with E-state index in [4.69, 9.17) is 0 Å². The summed E-state index contributed by atoms with van der Waals surface area (Å²) in [5.41, 5.74) is 7.95. The van der Waals surface area contributed by atoms with Gasteiger partial charge in [0.1, 0.15) is 5.65 Å². The van der Waals surface area contributed by atoms with E-state index in [9.17, 15) is 4.79 Å². The first kappa shape index (κ1) is 17.7. The fourth-order valence-corrected chi connectivity index (χ4v) is 4.63. The number of aryl methyl sites for hydroxylation is 1.